The van der Waals surface area contributed by atoms with E-state index in [0.717, 1.165) is 13.1 Å². The lowest BCUT2D eigenvalue weighted by Crippen LogP contribution is -2.40. The van der Waals surface area contributed by atoms with Gasteiger partial charge < -0.3 is 15.5 Å². The van der Waals surface area contributed by atoms with Gasteiger partial charge in [-0.3, -0.25) is 0 Å². The summed E-state index contributed by atoms with van der Waals surface area (Å²) in [5, 5.41) is 0. The van der Waals surface area contributed by atoms with Crippen molar-refractivity contribution in [1.82, 2.24) is 4.90 Å². The molecule has 1 aliphatic rings. The Hall–Kier alpha value is -1.06. The number of anilines is 1. The summed E-state index contributed by atoms with van der Waals surface area (Å²) < 4.78 is 0. The van der Waals surface area contributed by atoms with Gasteiger partial charge in [0, 0.05) is 31.4 Å². The maximum absolute atomic E-state index is 5.87. The summed E-state index contributed by atoms with van der Waals surface area (Å²) in [6.45, 7) is 6.38. The normalized spacial score (nSPS) is 21.9. The molecule has 1 fully saturated rings. The molecular formula is C15H25N3. The van der Waals surface area contributed by atoms with Crippen molar-refractivity contribution in [3.63, 3.8) is 0 Å². The van der Waals surface area contributed by atoms with E-state index in [1.54, 1.807) is 0 Å². The van der Waals surface area contributed by atoms with E-state index in [-0.39, 0.29) is 0 Å². The minimum atomic E-state index is 0.602. The highest BCUT2D eigenvalue weighted by atomic mass is 15.2. The first-order chi connectivity index (χ1) is 8.76. The topological polar surface area (TPSA) is 32.5 Å². The van der Waals surface area contributed by atoms with Crippen LogP contribution in [0.2, 0.25) is 0 Å². The van der Waals surface area contributed by atoms with Gasteiger partial charge in [0.1, 0.15) is 0 Å². The molecule has 1 aliphatic heterocycles. The maximum Gasteiger partial charge on any atom is 0.0414 e. The van der Waals surface area contributed by atoms with E-state index in [9.17, 15) is 0 Å². The van der Waals surface area contributed by atoms with Crippen LogP contribution in [0.1, 0.15) is 25.3 Å². The average Bonchev–Trinajstić information content (AvgIpc) is 2.60. The van der Waals surface area contributed by atoms with Gasteiger partial charge >= 0.3 is 0 Å². The van der Waals surface area contributed by atoms with Gasteiger partial charge in [-0.2, -0.15) is 0 Å². The van der Waals surface area contributed by atoms with Crippen molar-refractivity contribution in [2.75, 3.05) is 31.6 Å². The number of nitrogens with two attached hydrogens (primary N) is 1. The maximum atomic E-state index is 5.87. The lowest BCUT2D eigenvalue weighted by Gasteiger charge is -2.33. The van der Waals surface area contributed by atoms with E-state index in [2.05, 4.69) is 48.0 Å². The highest BCUT2D eigenvalue weighted by Gasteiger charge is 2.23. The largest absolute Gasteiger partial charge is 0.367 e. The molecule has 0 radical (unpaired) electrons. The molecule has 1 aromatic rings. The Morgan fingerprint density at radius 2 is 2.06 bits per heavy atom. The number of para-hydroxylation sites is 1. The van der Waals surface area contributed by atoms with Crippen LogP contribution in [0.4, 0.5) is 5.69 Å². The number of nitrogens with zero attached hydrogens (tertiary/aromatic N) is 2. The van der Waals surface area contributed by atoms with Crippen LogP contribution >= 0.6 is 0 Å². The molecule has 0 saturated carbocycles. The van der Waals surface area contributed by atoms with Gasteiger partial charge in [-0.25, -0.2) is 0 Å². The molecule has 1 aromatic carbocycles. The van der Waals surface area contributed by atoms with Crippen LogP contribution in [0, 0.1) is 0 Å². The molecule has 1 atom stereocenters. The molecule has 1 unspecified atom stereocenters. The molecule has 3 heteroatoms. The fourth-order valence-electron chi connectivity index (χ4n) is 2.87. The summed E-state index contributed by atoms with van der Waals surface area (Å²) in [7, 11) is 2.22. The van der Waals surface area contributed by atoms with Gasteiger partial charge in [-0.15, -0.1) is 0 Å². The Kier molecular flexibility index (Phi) is 4.61. The standard InChI is InChI=1S/C15H25N3/c1-3-14-12-17(2)9-6-10-18(14)15-8-5-4-7-13(15)11-16/h4-5,7-8,14H,3,6,9-12,16H2,1-2H3. The summed E-state index contributed by atoms with van der Waals surface area (Å²) in [6.07, 6.45) is 2.41. The summed E-state index contributed by atoms with van der Waals surface area (Å²) in [5.74, 6) is 0. The zero-order chi connectivity index (χ0) is 13.0. The van der Waals surface area contributed by atoms with Crippen molar-refractivity contribution in [1.29, 1.82) is 0 Å². The van der Waals surface area contributed by atoms with E-state index < -0.39 is 0 Å². The third-order valence-electron chi connectivity index (χ3n) is 3.89. The summed E-state index contributed by atoms with van der Waals surface area (Å²) >= 11 is 0. The van der Waals surface area contributed by atoms with Gasteiger partial charge in [-0.1, -0.05) is 25.1 Å². The SMILES string of the molecule is CCC1CN(C)CCCN1c1ccccc1CN. The van der Waals surface area contributed by atoms with Crippen LogP contribution in [0.3, 0.4) is 0 Å². The Morgan fingerprint density at radius 1 is 1.28 bits per heavy atom. The summed E-state index contributed by atoms with van der Waals surface area (Å²) in [4.78, 5) is 5.00. The summed E-state index contributed by atoms with van der Waals surface area (Å²) in [5.41, 5.74) is 8.47. The van der Waals surface area contributed by atoms with Crippen molar-refractivity contribution in [3.8, 4) is 0 Å². The Morgan fingerprint density at radius 3 is 2.78 bits per heavy atom. The van der Waals surface area contributed by atoms with Crippen molar-refractivity contribution < 1.29 is 0 Å². The van der Waals surface area contributed by atoms with Gasteiger partial charge in [0.05, 0.1) is 0 Å². The van der Waals surface area contributed by atoms with Crippen molar-refractivity contribution in [3.05, 3.63) is 29.8 Å². The second-order valence-electron chi connectivity index (χ2n) is 5.20. The first kappa shape index (κ1) is 13.4. The third kappa shape index (κ3) is 2.85. The lowest BCUT2D eigenvalue weighted by molar-refractivity contribution is 0.328. The minimum absolute atomic E-state index is 0.602. The van der Waals surface area contributed by atoms with Gasteiger partial charge in [0.25, 0.3) is 0 Å². The van der Waals surface area contributed by atoms with Crippen molar-refractivity contribution >= 4 is 5.69 Å². The second kappa shape index (κ2) is 6.21. The molecule has 0 aliphatic carbocycles. The van der Waals surface area contributed by atoms with Crippen LogP contribution in [-0.2, 0) is 6.54 Å². The van der Waals surface area contributed by atoms with Crippen LogP contribution in [0.25, 0.3) is 0 Å². The number of rotatable bonds is 3. The Bertz CT molecular complexity index is 378. The smallest absolute Gasteiger partial charge is 0.0414 e. The predicted octanol–water partition coefficient (Wildman–Crippen LogP) is 2.07. The van der Waals surface area contributed by atoms with E-state index in [4.69, 9.17) is 5.73 Å². The van der Waals surface area contributed by atoms with Crippen LogP contribution < -0.4 is 10.6 Å². The molecule has 3 nitrogen and oxygen atoms in total. The quantitative estimate of drug-likeness (QED) is 0.887. The molecular weight excluding hydrogens is 222 g/mol. The average molecular weight is 247 g/mol. The van der Waals surface area contributed by atoms with Crippen molar-refractivity contribution in [2.24, 2.45) is 5.73 Å². The number of hydrogen-bond acceptors (Lipinski definition) is 3. The minimum Gasteiger partial charge on any atom is -0.367 e. The van der Waals surface area contributed by atoms with E-state index in [1.165, 1.54) is 30.6 Å². The number of benzene rings is 1. The molecule has 1 heterocycles. The molecule has 0 bridgehead atoms. The van der Waals surface area contributed by atoms with E-state index in [0.29, 0.717) is 12.6 Å². The van der Waals surface area contributed by atoms with E-state index in [1.807, 2.05) is 0 Å². The Labute approximate surface area is 111 Å². The molecule has 100 valence electrons. The van der Waals surface area contributed by atoms with Gasteiger partial charge in [0.2, 0.25) is 0 Å². The van der Waals surface area contributed by atoms with Gasteiger partial charge in [0.15, 0.2) is 0 Å². The molecule has 0 spiro atoms. The highest BCUT2D eigenvalue weighted by molar-refractivity contribution is 5.54. The van der Waals surface area contributed by atoms with Crippen LogP contribution in [-0.4, -0.2) is 37.6 Å². The molecule has 18 heavy (non-hydrogen) atoms. The monoisotopic (exact) mass is 247 g/mol. The summed E-state index contributed by atoms with van der Waals surface area (Å²) in [6, 6.07) is 9.17. The van der Waals surface area contributed by atoms with Crippen molar-refractivity contribution in [2.45, 2.75) is 32.4 Å². The fraction of sp³-hybridized carbons (Fsp3) is 0.600. The second-order valence-corrected chi connectivity index (χ2v) is 5.20. The third-order valence-corrected chi connectivity index (χ3v) is 3.89. The number of likely N-dealkylation sites (N-methyl/N-ethyl adjacent to an activating group) is 1. The molecule has 0 aromatic heterocycles. The molecule has 0 amide bonds. The van der Waals surface area contributed by atoms with E-state index >= 15 is 0 Å². The lowest BCUT2D eigenvalue weighted by atomic mass is 10.1. The van der Waals surface area contributed by atoms with Crippen LogP contribution in [0.15, 0.2) is 24.3 Å². The zero-order valence-corrected chi connectivity index (χ0v) is 11.6. The molecule has 1 saturated heterocycles. The Balaban J connectivity index is 2.28. The fourth-order valence-corrected chi connectivity index (χ4v) is 2.87. The number of hydrogen-bond donors (Lipinski definition) is 1. The predicted molar refractivity (Wildman–Crippen MR) is 77.9 cm³/mol. The molecule has 2 rings (SSSR count). The van der Waals surface area contributed by atoms with Gasteiger partial charge in [-0.05, 0) is 38.1 Å². The first-order valence-electron chi connectivity index (χ1n) is 6.99. The van der Waals surface area contributed by atoms with Crippen LogP contribution in [0.5, 0.6) is 0 Å². The molecule has 2 N–H and O–H groups in total. The first-order valence-corrected chi connectivity index (χ1v) is 6.99. The zero-order valence-electron chi connectivity index (χ0n) is 11.6. The highest BCUT2D eigenvalue weighted by Crippen LogP contribution is 2.25.